The van der Waals surface area contributed by atoms with Crippen molar-refractivity contribution in [3.05, 3.63) is 65.2 Å². The Labute approximate surface area is 204 Å². The van der Waals surface area contributed by atoms with E-state index in [4.69, 9.17) is 4.74 Å². The predicted octanol–water partition coefficient (Wildman–Crippen LogP) is 3.50. The van der Waals surface area contributed by atoms with E-state index in [0.29, 0.717) is 12.1 Å². The number of fused-ring (bicyclic) bond motifs is 3. The first-order chi connectivity index (χ1) is 16.1. The van der Waals surface area contributed by atoms with Gasteiger partial charge in [-0.1, -0.05) is 44.2 Å². The minimum Gasteiger partial charge on any atom is -0.497 e. The van der Waals surface area contributed by atoms with Gasteiger partial charge in [0.2, 0.25) is 11.8 Å². The quantitative estimate of drug-likeness (QED) is 0.632. The minimum absolute atomic E-state index is 0.126. The Balaban J connectivity index is 1.47. The summed E-state index contributed by atoms with van der Waals surface area (Å²) < 4.78 is 4.67. The van der Waals surface area contributed by atoms with Crippen molar-refractivity contribution in [3.8, 4) is 5.75 Å². The molecule has 0 spiro atoms. The summed E-state index contributed by atoms with van der Waals surface area (Å²) in [5.41, 5.74) is 2.52. The zero-order chi connectivity index (χ0) is 24.6. The highest BCUT2D eigenvalue weighted by molar-refractivity contribution is 8.01. The van der Waals surface area contributed by atoms with Crippen LogP contribution in [0.1, 0.15) is 54.6 Å². The monoisotopic (exact) mass is 481 g/mol. The van der Waals surface area contributed by atoms with Gasteiger partial charge in [0, 0.05) is 16.9 Å². The van der Waals surface area contributed by atoms with Crippen molar-refractivity contribution in [2.75, 3.05) is 7.11 Å². The van der Waals surface area contributed by atoms with Crippen LogP contribution < -0.4 is 15.4 Å². The summed E-state index contributed by atoms with van der Waals surface area (Å²) in [6.07, 6.45) is 0. The van der Waals surface area contributed by atoms with E-state index < -0.39 is 16.8 Å². The van der Waals surface area contributed by atoms with Crippen molar-refractivity contribution >= 4 is 29.5 Å². The molecule has 2 N–H and O–H groups in total. The maximum atomic E-state index is 13.6. The van der Waals surface area contributed by atoms with Crippen molar-refractivity contribution in [2.45, 2.75) is 56.4 Å². The number of carbonyl (C=O) groups excluding carboxylic acids is 3. The van der Waals surface area contributed by atoms with Crippen LogP contribution >= 0.6 is 11.8 Å². The molecule has 8 heteroatoms. The molecule has 4 rings (SSSR count). The van der Waals surface area contributed by atoms with Gasteiger partial charge in [0.05, 0.1) is 7.11 Å². The zero-order valence-corrected chi connectivity index (χ0v) is 20.9. The first-order valence-corrected chi connectivity index (χ1v) is 12.3. The van der Waals surface area contributed by atoms with E-state index in [1.807, 2.05) is 76.2 Å². The third-order valence-electron chi connectivity index (χ3n) is 6.42. The van der Waals surface area contributed by atoms with E-state index in [1.54, 1.807) is 23.8 Å². The van der Waals surface area contributed by atoms with E-state index in [2.05, 4.69) is 10.6 Å². The lowest BCUT2D eigenvalue weighted by atomic mass is 9.98. The highest BCUT2D eigenvalue weighted by Crippen LogP contribution is 2.56. The standard InChI is InChI=1S/C26H31N3O4S/c1-15(2)20(22(30)27-14-16-10-12-17(33-5)13-11-16)28-23(31)21-26(3,4)34-25-19-9-7-6-8-18(19)24(32)29(21)25/h6-13,15,20-21,25H,14H2,1-5H3,(H,27,30)(H,28,31)/t20-,21+,25+/m0/s1. The molecule has 1 saturated heterocycles. The second-order valence-corrected chi connectivity index (χ2v) is 11.3. The van der Waals surface area contributed by atoms with Gasteiger partial charge in [-0.05, 0) is 49.1 Å². The summed E-state index contributed by atoms with van der Waals surface area (Å²) >= 11 is 1.61. The lowest BCUT2D eigenvalue weighted by Gasteiger charge is -2.32. The average molecular weight is 482 g/mol. The summed E-state index contributed by atoms with van der Waals surface area (Å²) in [5, 5.41) is 5.68. The molecule has 0 saturated carbocycles. The first-order valence-electron chi connectivity index (χ1n) is 11.4. The fourth-order valence-electron chi connectivity index (χ4n) is 4.61. The van der Waals surface area contributed by atoms with Crippen molar-refractivity contribution in [2.24, 2.45) is 5.92 Å². The number of carbonyl (C=O) groups is 3. The van der Waals surface area contributed by atoms with Gasteiger partial charge >= 0.3 is 0 Å². The third-order valence-corrected chi connectivity index (χ3v) is 7.95. The number of methoxy groups -OCH3 is 1. The number of benzene rings is 2. The number of ether oxygens (including phenoxy) is 1. The zero-order valence-electron chi connectivity index (χ0n) is 20.1. The summed E-state index contributed by atoms with van der Waals surface area (Å²) in [6, 6.07) is 13.6. The van der Waals surface area contributed by atoms with Gasteiger partial charge < -0.3 is 20.3 Å². The smallest absolute Gasteiger partial charge is 0.256 e. The van der Waals surface area contributed by atoms with Crippen molar-refractivity contribution < 1.29 is 19.1 Å². The molecule has 0 unspecified atom stereocenters. The maximum absolute atomic E-state index is 13.6. The van der Waals surface area contributed by atoms with Crippen LogP contribution in [-0.2, 0) is 16.1 Å². The van der Waals surface area contributed by atoms with Crippen LogP contribution in [0.3, 0.4) is 0 Å². The van der Waals surface area contributed by atoms with Gasteiger partial charge in [-0.2, -0.15) is 0 Å². The van der Waals surface area contributed by atoms with E-state index in [0.717, 1.165) is 16.9 Å². The van der Waals surface area contributed by atoms with E-state index in [1.165, 1.54) is 0 Å². The largest absolute Gasteiger partial charge is 0.497 e. The topological polar surface area (TPSA) is 87.7 Å². The predicted molar refractivity (Wildman–Crippen MR) is 132 cm³/mol. The van der Waals surface area contributed by atoms with Gasteiger partial charge in [-0.25, -0.2) is 0 Å². The molecule has 2 heterocycles. The molecule has 0 bridgehead atoms. The molecule has 3 atom stereocenters. The van der Waals surface area contributed by atoms with Crippen LogP contribution in [0.25, 0.3) is 0 Å². The van der Waals surface area contributed by atoms with E-state index in [-0.39, 0.29) is 29.0 Å². The summed E-state index contributed by atoms with van der Waals surface area (Å²) in [4.78, 5) is 41.4. The SMILES string of the molecule is COc1ccc(CNC(=O)[C@@H](NC(=O)[C@H]2N3C(=O)c4ccccc4[C@H]3SC2(C)C)C(C)C)cc1. The van der Waals surface area contributed by atoms with E-state index >= 15 is 0 Å². The number of thioether (sulfide) groups is 1. The Bertz CT molecular complexity index is 1100. The number of hydrogen-bond acceptors (Lipinski definition) is 5. The molecule has 3 amide bonds. The molecule has 34 heavy (non-hydrogen) atoms. The molecule has 180 valence electrons. The molecule has 2 aromatic rings. The van der Waals surface area contributed by atoms with Gasteiger partial charge in [0.25, 0.3) is 5.91 Å². The Morgan fingerprint density at radius 3 is 2.44 bits per heavy atom. The Morgan fingerprint density at radius 2 is 1.79 bits per heavy atom. The lowest BCUT2D eigenvalue weighted by molar-refractivity contribution is -0.132. The molecule has 2 aliphatic rings. The second-order valence-electron chi connectivity index (χ2n) is 9.57. The Morgan fingerprint density at radius 1 is 1.12 bits per heavy atom. The van der Waals surface area contributed by atoms with Gasteiger partial charge in [0.15, 0.2) is 0 Å². The van der Waals surface area contributed by atoms with Crippen LogP contribution in [-0.4, -0.2) is 46.6 Å². The molecule has 0 radical (unpaired) electrons. The highest BCUT2D eigenvalue weighted by atomic mass is 32.2. The molecule has 0 aliphatic carbocycles. The average Bonchev–Trinajstić information content (AvgIpc) is 3.24. The number of nitrogens with zero attached hydrogens (tertiary/aromatic N) is 1. The van der Waals surface area contributed by atoms with Gasteiger partial charge in [-0.15, -0.1) is 11.8 Å². The summed E-state index contributed by atoms with van der Waals surface area (Å²) in [7, 11) is 1.60. The molecule has 2 aromatic carbocycles. The van der Waals surface area contributed by atoms with Crippen LogP contribution in [0.15, 0.2) is 48.5 Å². The van der Waals surface area contributed by atoms with E-state index in [9.17, 15) is 14.4 Å². The highest BCUT2D eigenvalue weighted by Gasteiger charge is 2.57. The number of amides is 3. The second kappa shape index (κ2) is 9.33. The van der Waals surface area contributed by atoms with Gasteiger partial charge in [-0.3, -0.25) is 14.4 Å². The fraction of sp³-hybridized carbons (Fsp3) is 0.423. The van der Waals surface area contributed by atoms with Crippen LogP contribution in [0.2, 0.25) is 0 Å². The lowest BCUT2D eigenvalue weighted by Crippen LogP contribution is -2.58. The fourth-order valence-corrected chi connectivity index (χ4v) is 6.20. The minimum atomic E-state index is -0.717. The number of nitrogens with one attached hydrogen (secondary N) is 2. The molecule has 0 aromatic heterocycles. The Hall–Kier alpha value is -3.00. The van der Waals surface area contributed by atoms with Crippen molar-refractivity contribution in [1.82, 2.24) is 15.5 Å². The maximum Gasteiger partial charge on any atom is 0.256 e. The van der Waals surface area contributed by atoms with Crippen molar-refractivity contribution in [1.29, 1.82) is 0 Å². The van der Waals surface area contributed by atoms with Crippen molar-refractivity contribution in [3.63, 3.8) is 0 Å². The first kappa shape index (κ1) is 24.1. The molecule has 1 fully saturated rings. The van der Waals surface area contributed by atoms with Crippen LogP contribution in [0.5, 0.6) is 5.75 Å². The molecular formula is C26H31N3O4S. The van der Waals surface area contributed by atoms with Crippen LogP contribution in [0, 0.1) is 5.92 Å². The summed E-state index contributed by atoms with van der Waals surface area (Å²) in [6.45, 7) is 8.08. The molecular weight excluding hydrogens is 450 g/mol. The molecule has 2 aliphatic heterocycles. The van der Waals surface area contributed by atoms with Gasteiger partial charge in [0.1, 0.15) is 23.2 Å². The molecule has 7 nitrogen and oxygen atoms in total. The summed E-state index contributed by atoms with van der Waals surface area (Å²) in [5.74, 6) is -0.0749. The third kappa shape index (κ3) is 4.39. The number of hydrogen-bond donors (Lipinski definition) is 2. The van der Waals surface area contributed by atoms with Crippen LogP contribution in [0.4, 0.5) is 0 Å². The normalized spacial score (nSPS) is 21.1. The number of rotatable bonds is 7. The Kier molecular flexibility index (Phi) is 6.62.